The van der Waals surface area contributed by atoms with Crippen LogP contribution < -0.4 is 10.6 Å². The zero-order valence-corrected chi connectivity index (χ0v) is 16.9. The molecular formula is C17H27N3O4S2. The van der Waals surface area contributed by atoms with Crippen LogP contribution >= 0.6 is 12.2 Å². The highest BCUT2D eigenvalue weighted by Crippen LogP contribution is 2.17. The van der Waals surface area contributed by atoms with E-state index in [1.807, 2.05) is 0 Å². The Morgan fingerprint density at radius 1 is 1.42 bits per heavy atom. The summed E-state index contributed by atoms with van der Waals surface area (Å²) in [6.07, 6.45) is 3.27. The highest BCUT2D eigenvalue weighted by molar-refractivity contribution is 7.89. The fraction of sp³-hybridized carbons (Fsp3) is 0.588. The van der Waals surface area contributed by atoms with E-state index in [2.05, 4.69) is 10.6 Å². The topological polar surface area (TPSA) is 79.9 Å². The van der Waals surface area contributed by atoms with E-state index in [0.717, 1.165) is 25.9 Å². The van der Waals surface area contributed by atoms with E-state index in [-0.39, 0.29) is 11.0 Å². The molecule has 0 bridgehead atoms. The summed E-state index contributed by atoms with van der Waals surface area (Å²) >= 11 is 5.25. The van der Waals surface area contributed by atoms with Gasteiger partial charge in [0.1, 0.15) is 0 Å². The molecule has 0 aromatic heterocycles. The monoisotopic (exact) mass is 401 g/mol. The van der Waals surface area contributed by atoms with Gasteiger partial charge in [-0.1, -0.05) is 6.07 Å². The molecule has 0 unspecified atom stereocenters. The molecule has 1 atom stereocenters. The quantitative estimate of drug-likeness (QED) is 0.482. The summed E-state index contributed by atoms with van der Waals surface area (Å²) in [7, 11) is -0.462. The van der Waals surface area contributed by atoms with E-state index in [0.29, 0.717) is 30.6 Å². The first-order valence-electron chi connectivity index (χ1n) is 8.66. The van der Waals surface area contributed by atoms with Gasteiger partial charge in [-0.05, 0) is 49.7 Å². The Balaban J connectivity index is 1.69. The number of sulfonamides is 1. The minimum absolute atomic E-state index is 0.220. The van der Waals surface area contributed by atoms with Gasteiger partial charge in [-0.15, -0.1) is 0 Å². The number of nitrogens with zero attached hydrogens (tertiary/aromatic N) is 1. The molecule has 0 amide bonds. The van der Waals surface area contributed by atoms with Gasteiger partial charge in [0.05, 0.1) is 17.6 Å². The predicted octanol–water partition coefficient (Wildman–Crippen LogP) is 1.81. The molecule has 1 aliphatic rings. The third kappa shape index (κ3) is 6.48. The van der Waals surface area contributed by atoms with Crippen LogP contribution in [0.3, 0.4) is 0 Å². The van der Waals surface area contributed by atoms with E-state index < -0.39 is 10.0 Å². The van der Waals surface area contributed by atoms with Gasteiger partial charge in [-0.2, -0.15) is 0 Å². The Morgan fingerprint density at radius 2 is 2.23 bits per heavy atom. The van der Waals surface area contributed by atoms with Crippen molar-refractivity contribution in [2.75, 3.05) is 45.8 Å². The molecule has 1 aliphatic heterocycles. The maximum atomic E-state index is 12.2. The lowest BCUT2D eigenvalue weighted by atomic mass is 10.2. The van der Waals surface area contributed by atoms with Crippen molar-refractivity contribution in [2.45, 2.75) is 30.3 Å². The highest BCUT2D eigenvalue weighted by Gasteiger charge is 2.17. The van der Waals surface area contributed by atoms with Gasteiger partial charge in [0.2, 0.25) is 10.0 Å². The standard InChI is InChI=1S/C17H27N3O4S2/c1-20(2)26(21,22)16-8-3-6-14(12-16)19-17(25)18-9-5-10-23-13-15-7-4-11-24-15/h3,6,8,12,15H,4-5,7,9-11,13H2,1-2H3,(H2,18,19,25)/t15-/m0/s1. The van der Waals surface area contributed by atoms with Crippen molar-refractivity contribution in [3.05, 3.63) is 24.3 Å². The van der Waals surface area contributed by atoms with E-state index in [4.69, 9.17) is 21.7 Å². The lowest BCUT2D eigenvalue weighted by Crippen LogP contribution is -2.30. The van der Waals surface area contributed by atoms with Crippen LogP contribution in [-0.4, -0.2) is 64.4 Å². The smallest absolute Gasteiger partial charge is 0.242 e. The number of anilines is 1. The number of thiocarbonyl (C=S) groups is 1. The van der Waals surface area contributed by atoms with Gasteiger partial charge in [-0.25, -0.2) is 12.7 Å². The molecule has 0 radical (unpaired) electrons. The Bertz CT molecular complexity index is 689. The van der Waals surface area contributed by atoms with Crippen LogP contribution in [0.5, 0.6) is 0 Å². The zero-order chi connectivity index (χ0) is 19.0. The Hall–Kier alpha value is -1.26. The van der Waals surface area contributed by atoms with Crippen LogP contribution in [0.2, 0.25) is 0 Å². The second kappa shape index (κ2) is 10.2. The van der Waals surface area contributed by atoms with Crippen LogP contribution in [0, 0.1) is 0 Å². The lowest BCUT2D eigenvalue weighted by Gasteiger charge is -2.14. The van der Waals surface area contributed by atoms with Crippen molar-refractivity contribution in [1.82, 2.24) is 9.62 Å². The lowest BCUT2D eigenvalue weighted by molar-refractivity contribution is 0.0168. The molecule has 1 saturated heterocycles. The average molecular weight is 402 g/mol. The Labute approximate surface area is 161 Å². The first kappa shape index (κ1) is 21.0. The first-order valence-corrected chi connectivity index (χ1v) is 10.5. The molecule has 1 heterocycles. The van der Waals surface area contributed by atoms with Gasteiger partial charge in [-0.3, -0.25) is 0 Å². The second-order valence-corrected chi connectivity index (χ2v) is 8.82. The zero-order valence-electron chi connectivity index (χ0n) is 15.2. The number of hydrogen-bond acceptors (Lipinski definition) is 5. The molecule has 7 nitrogen and oxygen atoms in total. The maximum absolute atomic E-state index is 12.2. The normalized spacial score (nSPS) is 17.4. The van der Waals surface area contributed by atoms with Crippen molar-refractivity contribution in [3.8, 4) is 0 Å². The van der Waals surface area contributed by atoms with Crippen LogP contribution in [0.15, 0.2) is 29.2 Å². The summed E-state index contributed by atoms with van der Waals surface area (Å²) in [6.45, 7) is 2.81. The first-order chi connectivity index (χ1) is 12.4. The molecule has 1 aromatic carbocycles. The van der Waals surface area contributed by atoms with Crippen LogP contribution in [0.25, 0.3) is 0 Å². The number of rotatable bonds is 9. The summed E-state index contributed by atoms with van der Waals surface area (Å²) < 4.78 is 36.6. The number of hydrogen-bond donors (Lipinski definition) is 2. The summed E-state index contributed by atoms with van der Waals surface area (Å²) in [5.41, 5.74) is 0.625. The van der Waals surface area contributed by atoms with Gasteiger partial charge in [0.25, 0.3) is 0 Å². The molecule has 0 aliphatic carbocycles. The van der Waals surface area contributed by atoms with E-state index >= 15 is 0 Å². The molecule has 2 N–H and O–H groups in total. The summed E-state index contributed by atoms with van der Waals surface area (Å²) in [6, 6.07) is 6.57. The highest BCUT2D eigenvalue weighted by atomic mass is 32.2. The fourth-order valence-electron chi connectivity index (χ4n) is 2.49. The summed E-state index contributed by atoms with van der Waals surface area (Å²) in [5, 5.41) is 6.54. The van der Waals surface area contributed by atoms with E-state index in [1.54, 1.807) is 24.3 Å². The number of benzene rings is 1. The van der Waals surface area contributed by atoms with E-state index in [9.17, 15) is 8.42 Å². The number of nitrogens with one attached hydrogen (secondary N) is 2. The predicted molar refractivity (Wildman–Crippen MR) is 106 cm³/mol. The molecular weight excluding hydrogens is 374 g/mol. The minimum atomic E-state index is -3.47. The van der Waals surface area contributed by atoms with Gasteiger partial charge < -0.3 is 20.1 Å². The van der Waals surface area contributed by atoms with Crippen LogP contribution in [-0.2, 0) is 19.5 Å². The van der Waals surface area contributed by atoms with Gasteiger partial charge in [0, 0.05) is 39.5 Å². The molecule has 9 heteroatoms. The van der Waals surface area contributed by atoms with Gasteiger partial charge in [0.15, 0.2) is 5.11 Å². The van der Waals surface area contributed by atoms with Crippen molar-refractivity contribution < 1.29 is 17.9 Å². The van der Waals surface area contributed by atoms with Crippen molar-refractivity contribution in [3.63, 3.8) is 0 Å². The largest absolute Gasteiger partial charge is 0.379 e. The van der Waals surface area contributed by atoms with Crippen molar-refractivity contribution in [2.24, 2.45) is 0 Å². The second-order valence-electron chi connectivity index (χ2n) is 6.26. The average Bonchev–Trinajstić information content (AvgIpc) is 3.11. The van der Waals surface area contributed by atoms with Gasteiger partial charge >= 0.3 is 0 Å². The third-order valence-corrected chi connectivity index (χ3v) is 6.01. The molecule has 0 saturated carbocycles. The Morgan fingerprint density at radius 3 is 2.92 bits per heavy atom. The van der Waals surface area contributed by atoms with Crippen LogP contribution in [0.4, 0.5) is 5.69 Å². The van der Waals surface area contributed by atoms with Crippen molar-refractivity contribution in [1.29, 1.82) is 0 Å². The van der Waals surface area contributed by atoms with Crippen molar-refractivity contribution >= 4 is 33.0 Å². The SMILES string of the molecule is CN(C)S(=O)(=O)c1cccc(NC(=S)NCCCOC[C@@H]2CCCO2)c1. The Kier molecular flexibility index (Phi) is 8.23. The summed E-state index contributed by atoms with van der Waals surface area (Å²) in [4.78, 5) is 0.220. The number of ether oxygens (including phenoxy) is 2. The molecule has 2 rings (SSSR count). The molecule has 146 valence electrons. The maximum Gasteiger partial charge on any atom is 0.242 e. The summed E-state index contributed by atoms with van der Waals surface area (Å²) in [5.74, 6) is 0. The third-order valence-electron chi connectivity index (χ3n) is 3.95. The molecule has 0 spiro atoms. The fourth-order valence-corrected chi connectivity index (χ4v) is 3.66. The minimum Gasteiger partial charge on any atom is -0.379 e. The van der Waals surface area contributed by atoms with Crippen LogP contribution in [0.1, 0.15) is 19.3 Å². The van der Waals surface area contributed by atoms with E-state index in [1.165, 1.54) is 18.4 Å². The molecule has 1 aromatic rings. The molecule has 26 heavy (non-hydrogen) atoms. The molecule has 1 fully saturated rings.